The van der Waals surface area contributed by atoms with Crippen LogP contribution in [0.2, 0.25) is 0 Å². The first kappa shape index (κ1) is 17.0. The SMILES string of the molecule is CC(C)(C)OC(=O)Nc1cccc(C(CN)CC(=O)O)c1. The van der Waals surface area contributed by atoms with Gasteiger partial charge in [-0.1, -0.05) is 12.1 Å². The number of anilines is 1. The molecule has 21 heavy (non-hydrogen) atoms. The molecule has 4 N–H and O–H groups in total. The van der Waals surface area contributed by atoms with Crippen molar-refractivity contribution in [2.24, 2.45) is 5.73 Å². The Morgan fingerprint density at radius 3 is 2.57 bits per heavy atom. The van der Waals surface area contributed by atoms with E-state index in [1.165, 1.54) is 0 Å². The van der Waals surface area contributed by atoms with Crippen LogP contribution in [0.4, 0.5) is 10.5 Å². The molecule has 1 aromatic rings. The van der Waals surface area contributed by atoms with Crippen molar-refractivity contribution in [3.05, 3.63) is 29.8 Å². The summed E-state index contributed by atoms with van der Waals surface area (Å²) in [7, 11) is 0. The first-order valence-electron chi connectivity index (χ1n) is 6.73. The van der Waals surface area contributed by atoms with Gasteiger partial charge in [-0.25, -0.2) is 4.79 Å². The van der Waals surface area contributed by atoms with E-state index in [4.69, 9.17) is 15.6 Å². The summed E-state index contributed by atoms with van der Waals surface area (Å²) in [5, 5.41) is 11.5. The maximum absolute atomic E-state index is 11.7. The molecule has 0 aliphatic rings. The summed E-state index contributed by atoms with van der Waals surface area (Å²) in [5.41, 5.74) is 6.35. The van der Waals surface area contributed by atoms with Crippen molar-refractivity contribution < 1.29 is 19.4 Å². The van der Waals surface area contributed by atoms with Gasteiger partial charge in [-0.15, -0.1) is 0 Å². The smallest absolute Gasteiger partial charge is 0.412 e. The van der Waals surface area contributed by atoms with Gasteiger partial charge < -0.3 is 15.6 Å². The maximum atomic E-state index is 11.7. The highest BCUT2D eigenvalue weighted by Gasteiger charge is 2.17. The van der Waals surface area contributed by atoms with Gasteiger partial charge in [-0.2, -0.15) is 0 Å². The maximum Gasteiger partial charge on any atom is 0.412 e. The molecule has 1 atom stereocenters. The number of nitrogens with one attached hydrogen (secondary N) is 1. The van der Waals surface area contributed by atoms with Crippen LogP contribution in [0.3, 0.4) is 0 Å². The van der Waals surface area contributed by atoms with Crippen LogP contribution in [0.5, 0.6) is 0 Å². The number of nitrogens with two attached hydrogens (primary N) is 1. The third-order valence-corrected chi connectivity index (χ3v) is 2.71. The fourth-order valence-electron chi connectivity index (χ4n) is 1.84. The highest BCUT2D eigenvalue weighted by molar-refractivity contribution is 5.85. The molecule has 0 heterocycles. The van der Waals surface area contributed by atoms with Crippen molar-refractivity contribution in [2.75, 3.05) is 11.9 Å². The Morgan fingerprint density at radius 2 is 2.05 bits per heavy atom. The average molecular weight is 294 g/mol. The molecule has 116 valence electrons. The summed E-state index contributed by atoms with van der Waals surface area (Å²) in [6.07, 6.45) is -0.603. The van der Waals surface area contributed by atoms with Gasteiger partial charge in [0, 0.05) is 11.6 Å². The van der Waals surface area contributed by atoms with Crippen molar-refractivity contribution in [1.82, 2.24) is 0 Å². The number of carboxylic acid groups (broad SMARTS) is 1. The first-order valence-corrected chi connectivity index (χ1v) is 6.73. The minimum absolute atomic E-state index is 0.0492. The van der Waals surface area contributed by atoms with E-state index in [2.05, 4.69) is 5.32 Å². The summed E-state index contributed by atoms with van der Waals surface area (Å²) >= 11 is 0. The number of aliphatic carboxylic acids is 1. The lowest BCUT2D eigenvalue weighted by Gasteiger charge is -2.20. The Bertz CT molecular complexity index is 509. The van der Waals surface area contributed by atoms with Crippen molar-refractivity contribution in [2.45, 2.75) is 38.7 Å². The van der Waals surface area contributed by atoms with Gasteiger partial charge in [0.25, 0.3) is 0 Å². The second kappa shape index (κ2) is 7.08. The first-order chi connectivity index (χ1) is 9.71. The van der Waals surface area contributed by atoms with E-state index < -0.39 is 17.7 Å². The van der Waals surface area contributed by atoms with Crippen LogP contribution < -0.4 is 11.1 Å². The van der Waals surface area contributed by atoms with Gasteiger partial charge in [0.2, 0.25) is 0 Å². The number of ether oxygens (including phenoxy) is 1. The van der Waals surface area contributed by atoms with Gasteiger partial charge in [-0.3, -0.25) is 10.1 Å². The lowest BCUT2D eigenvalue weighted by molar-refractivity contribution is -0.137. The second-order valence-electron chi connectivity index (χ2n) is 5.78. The number of carboxylic acids is 1. The summed E-state index contributed by atoms with van der Waals surface area (Å²) in [4.78, 5) is 22.5. The number of hydrogen-bond donors (Lipinski definition) is 3. The zero-order valence-electron chi connectivity index (χ0n) is 12.6. The standard InChI is InChI=1S/C15H22N2O4/c1-15(2,3)21-14(20)17-12-6-4-5-10(7-12)11(9-16)8-13(18)19/h4-7,11H,8-9,16H2,1-3H3,(H,17,20)(H,18,19). The van der Waals surface area contributed by atoms with E-state index >= 15 is 0 Å². The van der Waals surface area contributed by atoms with E-state index in [1.807, 2.05) is 0 Å². The number of rotatable bonds is 5. The predicted octanol–water partition coefficient (Wildman–Crippen LogP) is 2.55. The van der Waals surface area contributed by atoms with Gasteiger partial charge in [-0.05, 0) is 45.0 Å². The zero-order valence-corrected chi connectivity index (χ0v) is 12.6. The highest BCUT2D eigenvalue weighted by atomic mass is 16.6. The molecule has 6 heteroatoms. The predicted molar refractivity (Wildman–Crippen MR) is 80.3 cm³/mol. The van der Waals surface area contributed by atoms with E-state index in [9.17, 15) is 9.59 Å². The van der Waals surface area contributed by atoms with Crippen molar-refractivity contribution >= 4 is 17.7 Å². The van der Waals surface area contributed by atoms with Crippen molar-refractivity contribution in [3.8, 4) is 0 Å². The fourth-order valence-corrected chi connectivity index (χ4v) is 1.84. The molecule has 0 saturated heterocycles. The summed E-state index contributed by atoms with van der Waals surface area (Å²) in [6.45, 7) is 5.56. The van der Waals surface area contributed by atoms with Gasteiger partial charge in [0.1, 0.15) is 5.60 Å². The van der Waals surface area contributed by atoms with Gasteiger partial charge >= 0.3 is 12.1 Å². The summed E-state index contributed by atoms with van der Waals surface area (Å²) in [5.74, 6) is -1.20. The zero-order chi connectivity index (χ0) is 16.0. The minimum atomic E-state index is -0.907. The molecule has 0 bridgehead atoms. The average Bonchev–Trinajstić information content (AvgIpc) is 2.33. The van der Waals surface area contributed by atoms with Crippen molar-refractivity contribution in [3.63, 3.8) is 0 Å². The number of benzene rings is 1. The van der Waals surface area contributed by atoms with Crippen molar-refractivity contribution in [1.29, 1.82) is 0 Å². The Kier molecular flexibility index (Phi) is 5.72. The lowest BCUT2D eigenvalue weighted by atomic mass is 9.95. The lowest BCUT2D eigenvalue weighted by Crippen LogP contribution is -2.27. The normalized spacial score (nSPS) is 12.6. The monoisotopic (exact) mass is 294 g/mol. The van der Waals surface area contributed by atoms with Gasteiger partial charge in [0.15, 0.2) is 0 Å². The molecular formula is C15H22N2O4. The van der Waals surface area contributed by atoms with Crippen LogP contribution in [0.15, 0.2) is 24.3 Å². The molecule has 0 aliphatic heterocycles. The number of hydrogen-bond acceptors (Lipinski definition) is 4. The van der Waals surface area contributed by atoms with E-state index in [1.54, 1.807) is 45.0 Å². The molecule has 0 radical (unpaired) electrons. The summed E-state index contributed by atoms with van der Waals surface area (Å²) < 4.78 is 5.16. The Morgan fingerprint density at radius 1 is 1.38 bits per heavy atom. The van der Waals surface area contributed by atoms with Crippen LogP contribution in [0.1, 0.15) is 38.7 Å². The Hall–Kier alpha value is -2.08. The molecule has 0 aromatic heterocycles. The van der Waals surface area contributed by atoms with E-state index in [0.29, 0.717) is 5.69 Å². The van der Waals surface area contributed by atoms with E-state index in [0.717, 1.165) is 5.56 Å². The van der Waals surface area contributed by atoms with Crippen LogP contribution in [-0.2, 0) is 9.53 Å². The summed E-state index contributed by atoms with van der Waals surface area (Å²) in [6, 6.07) is 6.96. The molecule has 1 unspecified atom stereocenters. The van der Waals surface area contributed by atoms with Crippen LogP contribution in [-0.4, -0.2) is 29.3 Å². The van der Waals surface area contributed by atoms with Crippen LogP contribution in [0.25, 0.3) is 0 Å². The third-order valence-electron chi connectivity index (χ3n) is 2.71. The second-order valence-corrected chi connectivity index (χ2v) is 5.78. The highest BCUT2D eigenvalue weighted by Crippen LogP contribution is 2.22. The molecule has 0 fully saturated rings. The largest absolute Gasteiger partial charge is 0.481 e. The van der Waals surface area contributed by atoms with Crippen LogP contribution in [0, 0.1) is 0 Å². The molecule has 6 nitrogen and oxygen atoms in total. The molecule has 1 rings (SSSR count). The Labute approximate surface area is 124 Å². The Balaban J connectivity index is 2.80. The topological polar surface area (TPSA) is 102 Å². The molecule has 0 aliphatic carbocycles. The fraction of sp³-hybridized carbons (Fsp3) is 0.467. The molecular weight excluding hydrogens is 272 g/mol. The molecule has 1 aromatic carbocycles. The third kappa shape index (κ3) is 6.27. The molecule has 0 spiro atoms. The quantitative estimate of drug-likeness (QED) is 0.774. The van der Waals surface area contributed by atoms with Crippen LogP contribution >= 0.6 is 0 Å². The number of amides is 1. The molecule has 1 amide bonds. The van der Waals surface area contributed by atoms with E-state index in [-0.39, 0.29) is 18.9 Å². The minimum Gasteiger partial charge on any atom is -0.481 e. The molecule has 0 saturated carbocycles. The number of carbonyl (C=O) groups is 2. The van der Waals surface area contributed by atoms with Gasteiger partial charge in [0.05, 0.1) is 6.42 Å². The number of carbonyl (C=O) groups excluding carboxylic acids is 1.